The summed E-state index contributed by atoms with van der Waals surface area (Å²) in [5, 5.41) is 17.4. The Hall–Kier alpha value is -2.66. The van der Waals surface area contributed by atoms with Gasteiger partial charge in [-0.15, -0.1) is 0 Å². The predicted octanol–water partition coefficient (Wildman–Crippen LogP) is 3.98. The number of unbranched alkanes of at least 4 members (excludes halogenated alkanes) is 1. The van der Waals surface area contributed by atoms with E-state index < -0.39 is 34.9 Å². The number of aliphatic carboxylic acids is 1. The van der Waals surface area contributed by atoms with E-state index in [1.807, 2.05) is 11.8 Å². The van der Waals surface area contributed by atoms with Crippen LogP contribution >= 0.6 is 11.8 Å². The molecule has 2 amide bonds. The lowest BCUT2D eigenvalue weighted by molar-refractivity contribution is -0.137. The first-order valence-electron chi connectivity index (χ1n) is 8.53. The molecule has 0 saturated carbocycles. The number of carboxylic acids is 1. The highest BCUT2D eigenvalue weighted by Crippen LogP contribution is 2.33. The lowest BCUT2D eigenvalue weighted by Gasteiger charge is -2.16. The number of thioether (sulfide) groups is 1. The number of hydrogen-bond acceptors (Lipinski definition) is 4. The fourth-order valence-corrected chi connectivity index (χ4v) is 4.49. The molecule has 3 N–H and O–H groups in total. The number of halogens is 4. The highest BCUT2D eigenvalue weighted by molar-refractivity contribution is 8.00. The zero-order valence-electron chi connectivity index (χ0n) is 14.9. The van der Waals surface area contributed by atoms with Crippen molar-refractivity contribution in [1.29, 1.82) is 0 Å². The van der Waals surface area contributed by atoms with Crippen LogP contribution < -0.4 is 10.6 Å². The predicted molar refractivity (Wildman–Crippen MR) is 96.7 cm³/mol. The Balaban J connectivity index is 0.000000212. The minimum Gasteiger partial charge on any atom is -0.481 e. The van der Waals surface area contributed by atoms with Crippen LogP contribution in [0.3, 0.4) is 0 Å². The molecule has 8 nitrogen and oxygen atoms in total. The molecule has 3 atom stereocenters. The Kier molecular flexibility index (Phi) is 7.97. The van der Waals surface area contributed by atoms with Crippen molar-refractivity contribution in [3.05, 3.63) is 39.8 Å². The minimum atomic E-state index is -2.00. The van der Waals surface area contributed by atoms with E-state index in [2.05, 4.69) is 20.7 Å². The van der Waals surface area contributed by atoms with Gasteiger partial charge in [0.2, 0.25) is 0 Å². The van der Waals surface area contributed by atoms with Crippen LogP contribution in [0, 0.1) is 23.3 Å². The van der Waals surface area contributed by atoms with E-state index >= 15 is 0 Å². The number of fused-ring (bicyclic) bond motifs is 1. The van der Waals surface area contributed by atoms with Gasteiger partial charge in [0.15, 0.2) is 23.3 Å². The van der Waals surface area contributed by atoms with Gasteiger partial charge in [0.25, 0.3) is 0 Å². The van der Waals surface area contributed by atoms with Gasteiger partial charge in [-0.3, -0.25) is 4.79 Å². The third-order valence-electron chi connectivity index (χ3n) is 4.30. The van der Waals surface area contributed by atoms with E-state index in [1.54, 1.807) is 0 Å². The van der Waals surface area contributed by atoms with Crippen LogP contribution in [0.4, 0.5) is 28.0 Å². The summed E-state index contributed by atoms with van der Waals surface area (Å²) in [7, 11) is 0. The molecule has 2 aliphatic rings. The number of carbonyl (C=O) groups excluding carboxylic acids is 1. The molecule has 1 aromatic carbocycles. The molecule has 2 fully saturated rings. The summed E-state index contributed by atoms with van der Waals surface area (Å²) in [5.41, 5.74) is 6.93. The standard InChI is InChI=1S/C10H16N2O3S.C6HF4N3/c13-8(14)4-2-1-3-7-9-6(5-16-7)11-10(15)12-9;7-2-1-3(12-13-11)5(9)6(10)4(2)8/h6-7,9H,1-5H2,(H,13,14)(H2,11,12,15);1H/t6-,7-,9-;/m0./s1. The van der Waals surface area contributed by atoms with Gasteiger partial charge in [0.1, 0.15) is 0 Å². The lowest BCUT2D eigenvalue weighted by Crippen LogP contribution is -2.36. The molecule has 3 rings (SSSR count). The molecule has 0 aromatic heterocycles. The van der Waals surface area contributed by atoms with E-state index in [9.17, 15) is 27.2 Å². The van der Waals surface area contributed by atoms with Crippen molar-refractivity contribution in [2.24, 2.45) is 5.11 Å². The number of nitrogens with zero attached hydrogens (tertiary/aromatic N) is 3. The second-order valence-electron chi connectivity index (χ2n) is 6.27. The Bertz CT molecular complexity index is 837. The third-order valence-corrected chi connectivity index (χ3v) is 5.81. The van der Waals surface area contributed by atoms with Crippen molar-refractivity contribution in [3.8, 4) is 0 Å². The smallest absolute Gasteiger partial charge is 0.315 e. The highest BCUT2D eigenvalue weighted by atomic mass is 32.2. The molecule has 0 aliphatic carbocycles. The lowest BCUT2D eigenvalue weighted by atomic mass is 10.0. The van der Waals surface area contributed by atoms with Gasteiger partial charge in [-0.05, 0) is 24.4 Å². The first-order valence-corrected chi connectivity index (χ1v) is 9.58. The summed E-state index contributed by atoms with van der Waals surface area (Å²) in [5.74, 6) is -7.02. The van der Waals surface area contributed by atoms with E-state index in [-0.39, 0.29) is 30.6 Å². The number of urea groups is 1. The molecule has 2 heterocycles. The Morgan fingerprint density at radius 2 is 1.97 bits per heavy atom. The Labute approximate surface area is 166 Å². The monoisotopic (exact) mass is 435 g/mol. The van der Waals surface area contributed by atoms with Crippen LogP contribution in [0.25, 0.3) is 10.4 Å². The van der Waals surface area contributed by atoms with Crippen LogP contribution in [0.15, 0.2) is 11.2 Å². The molecule has 0 unspecified atom stereocenters. The summed E-state index contributed by atoms with van der Waals surface area (Å²) in [6.45, 7) is 0. The Morgan fingerprint density at radius 1 is 1.24 bits per heavy atom. The maximum Gasteiger partial charge on any atom is 0.315 e. The molecule has 1 aromatic rings. The number of rotatable bonds is 6. The largest absolute Gasteiger partial charge is 0.481 e. The second kappa shape index (κ2) is 10.2. The van der Waals surface area contributed by atoms with Gasteiger partial charge in [-0.2, -0.15) is 11.8 Å². The molecule has 2 aliphatic heterocycles. The molecule has 158 valence electrons. The van der Waals surface area contributed by atoms with E-state index in [0.29, 0.717) is 5.25 Å². The van der Waals surface area contributed by atoms with Gasteiger partial charge >= 0.3 is 12.0 Å². The van der Waals surface area contributed by atoms with Crippen LogP contribution in [0.5, 0.6) is 0 Å². The SMILES string of the molecule is O=C(O)CCCC[C@@H]1SC[C@@H]2NC(=O)N[C@@H]21.[N-]=[N+]=Nc1cc(F)c(F)c(F)c1F. The second-order valence-corrected chi connectivity index (χ2v) is 7.54. The number of carboxylic acid groups (broad SMARTS) is 1. The van der Waals surface area contributed by atoms with Gasteiger partial charge in [0, 0.05) is 22.3 Å². The summed E-state index contributed by atoms with van der Waals surface area (Å²) in [4.78, 5) is 23.6. The average molecular weight is 435 g/mol. The molecule has 2 saturated heterocycles. The van der Waals surface area contributed by atoms with Crippen LogP contribution in [-0.2, 0) is 4.79 Å². The molecule has 13 heteroatoms. The Morgan fingerprint density at radius 3 is 2.62 bits per heavy atom. The van der Waals surface area contributed by atoms with Crippen molar-refractivity contribution >= 4 is 29.4 Å². The number of hydrogen-bond donors (Lipinski definition) is 3. The average Bonchev–Trinajstić information content (AvgIpc) is 3.21. The normalized spacial score (nSPS) is 21.9. The van der Waals surface area contributed by atoms with Crippen molar-refractivity contribution in [3.63, 3.8) is 0 Å². The topological polar surface area (TPSA) is 127 Å². The van der Waals surface area contributed by atoms with Crippen molar-refractivity contribution in [1.82, 2.24) is 10.6 Å². The number of nitrogens with one attached hydrogen (secondary N) is 2. The van der Waals surface area contributed by atoms with Crippen molar-refractivity contribution < 1.29 is 32.3 Å². The molecular formula is C16H17F4N5O3S. The van der Waals surface area contributed by atoms with Crippen molar-refractivity contribution in [2.45, 2.75) is 43.0 Å². The van der Waals surface area contributed by atoms with Crippen LogP contribution in [0.2, 0.25) is 0 Å². The summed E-state index contributed by atoms with van der Waals surface area (Å²) >= 11 is 1.87. The molecule has 0 radical (unpaired) electrons. The maximum absolute atomic E-state index is 12.6. The third kappa shape index (κ3) is 5.91. The van der Waals surface area contributed by atoms with E-state index in [4.69, 9.17) is 10.6 Å². The fourth-order valence-electron chi connectivity index (χ4n) is 2.95. The fraction of sp³-hybridized carbons (Fsp3) is 0.500. The molecular weight excluding hydrogens is 418 g/mol. The van der Waals surface area contributed by atoms with E-state index in [0.717, 1.165) is 25.0 Å². The van der Waals surface area contributed by atoms with Gasteiger partial charge in [-0.1, -0.05) is 11.5 Å². The number of amides is 2. The van der Waals surface area contributed by atoms with E-state index in [1.165, 1.54) is 0 Å². The van der Waals surface area contributed by atoms with Crippen LogP contribution in [-0.4, -0.2) is 40.2 Å². The van der Waals surface area contributed by atoms with Gasteiger partial charge in [0.05, 0.1) is 17.8 Å². The quantitative estimate of drug-likeness (QED) is 0.0913. The van der Waals surface area contributed by atoms with Crippen LogP contribution in [0.1, 0.15) is 25.7 Å². The zero-order valence-corrected chi connectivity index (χ0v) is 15.7. The maximum atomic E-state index is 12.6. The first-order chi connectivity index (χ1) is 13.7. The molecule has 0 bridgehead atoms. The summed E-state index contributed by atoms with van der Waals surface area (Å²) in [6, 6.07) is 0.711. The first kappa shape index (κ1) is 22.6. The number of carbonyl (C=O) groups is 2. The highest BCUT2D eigenvalue weighted by Gasteiger charge is 2.42. The number of azide groups is 1. The molecule has 29 heavy (non-hydrogen) atoms. The summed E-state index contributed by atoms with van der Waals surface area (Å²) in [6.07, 6.45) is 2.88. The summed E-state index contributed by atoms with van der Waals surface area (Å²) < 4.78 is 49.7. The minimum absolute atomic E-state index is 0.0640. The van der Waals surface area contributed by atoms with Gasteiger partial charge < -0.3 is 15.7 Å². The van der Waals surface area contributed by atoms with Crippen molar-refractivity contribution in [2.75, 3.05) is 5.75 Å². The molecule has 0 spiro atoms. The van der Waals surface area contributed by atoms with Gasteiger partial charge in [-0.25, -0.2) is 22.4 Å². The number of benzene rings is 1. The zero-order chi connectivity index (χ0) is 21.6.